The Balaban J connectivity index is 1.22. The number of para-hydroxylation sites is 3. The molecule has 0 aliphatic heterocycles. The van der Waals surface area contributed by atoms with E-state index in [0.717, 1.165) is 55.3 Å². The van der Waals surface area contributed by atoms with Crippen molar-refractivity contribution in [2.24, 2.45) is 0 Å². The van der Waals surface area contributed by atoms with Crippen molar-refractivity contribution in [3.05, 3.63) is 157 Å². The minimum absolute atomic E-state index is 0.513. The molecule has 0 radical (unpaired) electrons. The van der Waals surface area contributed by atoms with Crippen LogP contribution >= 0.6 is 11.3 Å². The van der Waals surface area contributed by atoms with Crippen LogP contribution in [-0.4, -0.2) is 9.13 Å². The summed E-state index contributed by atoms with van der Waals surface area (Å²) in [4.78, 5) is 0. The molecule has 0 amide bonds. The molecule has 5 heteroatoms. The molecule has 0 saturated heterocycles. The third-order valence-corrected chi connectivity index (χ3v) is 11.0. The molecule has 49 heavy (non-hydrogen) atoms. The number of nitrogens with zero attached hydrogens (tertiary/aromatic N) is 4. The fourth-order valence-corrected chi connectivity index (χ4v) is 9.01. The lowest BCUT2D eigenvalue weighted by Gasteiger charge is -2.18. The van der Waals surface area contributed by atoms with Gasteiger partial charge in [0.2, 0.25) is 0 Å². The fourth-order valence-electron chi connectivity index (χ4n) is 7.75. The van der Waals surface area contributed by atoms with Crippen LogP contribution in [0.15, 0.2) is 146 Å². The summed E-state index contributed by atoms with van der Waals surface area (Å²) in [5.41, 5.74) is 8.69. The highest BCUT2D eigenvalue weighted by Crippen LogP contribution is 2.44. The van der Waals surface area contributed by atoms with Crippen molar-refractivity contribution >= 4 is 75.1 Å². The summed E-state index contributed by atoms with van der Waals surface area (Å²) in [5, 5.41) is 28.1. The maximum Gasteiger partial charge on any atom is 0.101 e. The Morgan fingerprint density at radius 2 is 1.02 bits per heavy atom. The van der Waals surface area contributed by atoms with E-state index in [4.69, 9.17) is 0 Å². The lowest BCUT2D eigenvalue weighted by Crippen LogP contribution is -2.03. The summed E-state index contributed by atoms with van der Waals surface area (Å²) >= 11 is 1.85. The van der Waals surface area contributed by atoms with Crippen molar-refractivity contribution in [3.63, 3.8) is 0 Å². The quantitative estimate of drug-likeness (QED) is 0.193. The van der Waals surface area contributed by atoms with Crippen molar-refractivity contribution in [1.29, 1.82) is 10.5 Å². The number of aromatic nitrogens is 2. The molecule has 10 aromatic rings. The van der Waals surface area contributed by atoms with Crippen LogP contribution in [0.5, 0.6) is 0 Å². The summed E-state index contributed by atoms with van der Waals surface area (Å²) < 4.78 is 7.07. The largest absolute Gasteiger partial charge is 0.309 e. The number of thiophene rings is 1. The average Bonchev–Trinajstić information content (AvgIpc) is 3.82. The molecule has 0 N–H and O–H groups in total. The van der Waals surface area contributed by atoms with Gasteiger partial charge in [-0.2, -0.15) is 10.5 Å². The Hall–Kier alpha value is -6.66. The van der Waals surface area contributed by atoms with Gasteiger partial charge in [-0.3, -0.25) is 0 Å². The molecule has 0 atom stereocenters. The number of nitriles is 2. The van der Waals surface area contributed by atoms with Crippen LogP contribution in [0.2, 0.25) is 0 Å². The molecule has 7 aromatic carbocycles. The van der Waals surface area contributed by atoms with Gasteiger partial charge in [0, 0.05) is 53.0 Å². The maximum absolute atomic E-state index is 10.4. The van der Waals surface area contributed by atoms with Crippen LogP contribution in [0.25, 0.3) is 86.3 Å². The first-order valence-electron chi connectivity index (χ1n) is 16.1. The average molecular weight is 641 g/mol. The molecule has 10 rings (SSSR count). The third kappa shape index (κ3) is 3.82. The summed E-state index contributed by atoms with van der Waals surface area (Å²) in [6, 6.07) is 55.1. The smallest absolute Gasteiger partial charge is 0.101 e. The summed E-state index contributed by atoms with van der Waals surface area (Å²) in [5.74, 6) is 0. The molecule has 3 heterocycles. The summed E-state index contributed by atoms with van der Waals surface area (Å²) in [6.07, 6.45) is 0. The normalized spacial score (nSPS) is 11.6. The van der Waals surface area contributed by atoms with Crippen LogP contribution in [0, 0.1) is 22.7 Å². The molecule has 0 aliphatic rings. The molecule has 226 valence electrons. The van der Waals surface area contributed by atoms with Gasteiger partial charge in [0.25, 0.3) is 0 Å². The molecule has 0 bridgehead atoms. The van der Waals surface area contributed by atoms with Gasteiger partial charge >= 0.3 is 0 Å². The van der Waals surface area contributed by atoms with E-state index in [2.05, 4.69) is 130 Å². The topological polar surface area (TPSA) is 57.4 Å². The van der Waals surface area contributed by atoms with Gasteiger partial charge in [-0.05, 0) is 60.2 Å². The zero-order valence-corrected chi connectivity index (χ0v) is 26.9. The molecule has 0 aliphatic carbocycles. The first-order chi connectivity index (χ1) is 24.2. The van der Waals surface area contributed by atoms with Gasteiger partial charge in [-0.25, -0.2) is 0 Å². The predicted molar refractivity (Wildman–Crippen MR) is 203 cm³/mol. The van der Waals surface area contributed by atoms with Crippen LogP contribution < -0.4 is 0 Å². The fraction of sp³-hybridized carbons (Fsp3) is 0. The lowest BCUT2D eigenvalue weighted by molar-refractivity contribution is 1.16. The number of fused-ring (bicyclic) bond motifs is 10. The molecule has 0 spiro atoms. The van der Waals surface area contributed by atoms with E-state index in [1.165, 1.54) is 30.9 Å². The zero-order chi connectivity index (χ0) is 32.6. The minimum atomic E-state index is 0.513. The van der Waals surface area contributed by atoms with Gasteiger partial charge < -0.3 is 9.13 Å². The van der Waals surface area contributed by atoms with Crippen molar-refractivity contribution < 1.29 is 0 Å². The highest BCUT2D eigenvalue weighted by Gasteiger charge is 2.22. The van der Waals surface area contributed by atoms with Crippen LogP contribution in [-0.2, 0) is 0 Å². The third-order valence-electron chi connectivity index (χ3n) is 9.82. The lowest BCUT2D eigenvalue weighted by atomic mass is 9.94. The van der Waals surface area contributed by atoms with E-state index in [0.29, 0.717) is 11.1 Å². The van der Waals surface area contributed by atoms with Gasteiger partial charge in [0.05, 0.1) is 45.0 Å². The van der Waals surface area contributed by atoms with Gasteiger partial charge in [-0.1, -0.05) is 91.0 Å². The van der Waals surface area contributed by atoms with E-state index < -0.39 is 0 Å². The van der Waals surface area contributed by atoms with Gasteiger partial charge in [0.15, 0.2) is 0 Å². The molecule has 3 aromatic heterocycles. The standard InChI is InChI=1S/C44H24N4S/c45-25-28-17-18-29(26-46)43(48-36-13-5-1-9-31(36)32-10-2-6-14-37(32)48)41(28)27-19-21-30(22-20-27)47-38-15-7-3-12-35(38)42-39(47)24-23-34-33-11-4-8-16-40(33)49-44(34)42/h1-24H. The van der Waals surface area contributed by atoms with E-state index in [-0.39, 0.29) is 0 Å². The predicted octanol–water partition coefficient (Wildman–Crippen LogP) is 11.7. The van der Waals surface area contributed by atoms with Crippen molar-refractivity contribution in [2.75, 3.05) is 0 Å². The van der Waals surface area contributed by atoms with Gasteiger partial charge in [0.1, 0.15) is 6.07 Å². The molecule has 0 fully saturated rings. The first kappa shape index (κ1) is 27.5. The highest BCUT2D eigenvalue weighted by atomic mass is 32.1. The van der Waals surface area contributed by atoms with Crippen molar-refractivity contribution in [2.45, 2.75) is 0 Å². The number of hydrogen-bond donors (Lipinski definition) is 0. The summed E-state index contributed by atoms with van der Waals surface area (Å²) in [7, 11) is 0. The maximum atomic E-state index is 10.4. The Morgan fingerprint density at radius 1 is 0.449 bits per heavy atom. The zero-order valence-electron chi connectivity index (χ0n) is 26.1. The van der Waals surface area contributed by atoms with Crippen molar-refractivity contribution in [1.82, 2.24) is 9.13 Å². The van der Waals surface area contributed by atoms with E-state index >= 15 is 0 Å². The monoisotopic (exact) mass is 640 g/mol. The molecular weight excluding hydrogens is 617 g/mol. The second kappa shape index (κ2) is 10.4. The second-order valence-electron chi connectivity index (χ2n) is 12.3. The molecule has 4 nitrogen and oxygen atoms in total. The second-order valence-corrected chi connectivity index (χ2v) is 13.4. The number of hydrogen-bond acceptors (Lipinski definition) is 3. The number of benzene rings is 7. The van der Waals surface area contributed by atoms with E-state index in [1.807, 2.05) is 35.6 Å². The highest BCUT2D eigenvalue weighted by molar-refractivity contribution is 7.26. The summed E-state index contributed by atoms with van der Waals surface area (Å²) in [6.45, 7) is 0. The van der Waals surface area contributed by atoms with Crippen LogP contribution in [0.1, 0.15) is 11.1 Å². The molecule has 0 saturated carbocycles. The Kier molecular flexibility index (Phi) is 5.84. The van der Waals surface area contributed by atoms with E-state index in [1.54, 1.807) is 12.1 Å². The van der Waals surface area contributed by atoms with E-state index in [9.17, 15) is 10.5 Å². The SMILES string of the molecule is N#Cc1ccc(C#N)c(-n2c3ccccc3c3ccccc32)c1-c1ccc(-n2c3ccccc3c3c4sc5ccccc5c4ccc32)cc1. The van der Waals surface area contributed by atoms with Crippen LogP contribution in [0.3, 0.4) is 0 Å². The van der Waals surface area contributed by atoms with Gasteiger partial charge in [-0.15, -0.1) is 11.3 Å². The molecule has 0 unspecified atom stereocenters. The van der Waals surface area contributed by atoms with Crippen molar-refractivity contribution in [3.8, 4) is 34.6 Å². The minimum Gasteiger partial charge on any atom is -0.309 e. The Labute approximate surface area is 285 Å². The number of rotatable bonds is 3. The molecular formula is C44H24N4S. The first-order valence-corrected chi connectivity index (χ1v) is 17.0. The Morgan fingerprint density at radius 3 is 1.69 bits per heavy atom. The Bertz CT molecular complexity index is 3020. The van der Waals surface area contributed by atoms with Crippen LogP contribution in [0.4, 0.5) is 0 Å².